The summed E-state index contributed by atoms with van der Waals surface area (Å²) in [5.41, 5.74) is 0. The number of hydrogen-bond donors (Lipinski definition) is 0. The van der Waals surface area contributed by atoms with E-state index in [4.69, 9.17) is 0 Å². The number of nitrogens with zero attached hydrogens (tertiary/aromatic N) is 3. The van der Waals surface area contributed by atoms with Crippen LogP contribution in [0.15, 0.2) is 0 Å². The molecule has 0 bridgehead atoms. The molecule has 1 aliphatic rings. The molecule has 0 unspecified atom stereocenters. The Morgan fingerprint density at radius 3 is 2.54 bits per heavy atom. The molecule has 0 aliphatic carbocycles. The Morgan fingerprint density at radius 1 is 1.54 bits per heavy atom. The topological polar surface area (TPSA) is 43.9 Å². The summed E-state index contributed by atoms with van der Waals surface area (Å²) in [4.78, 5) is 27.1. The first-order chi connectivity index (χ1) is 6.02. The van der Waals surface area contributed by atoms with Crippen molar-refractivity contribution >= 4 is 11.9 Å². The second-order valence-corrected chi connectivity index (χ2v) is 3.33. The van der Waals surface area contributed by atoms with E-state index in [0.29, 0.717) is 13.2 Å². The minimum atomic E-state index is -0.0256. The summed E-state index contributed by atoms with van der Waals surface area (Å²) in [5.74, 6) is -0.0256. The highest BCUT2D eigenvalue weighted by atomic mass is 16.2. The highest BCUT2D eigenvalue weighted by molar-refractivity contribution is 5.77. The van der Waals surface area contributed by atoms with Gasteiger partial charge in [0.2, 0.25) is 5.91 Å². The smallest absolute Gasteiger partial charge is 0.321 e. The van der Waals surface area contributed by atoms with E-state index in [1.54, 1.807) is 23.9 Å². The number of urea groups is 1. The molecule has 13 heavy (non-hydrogen) atoms. The normalized spacial score (nSPS) is 16.7. The van der Waals surface area contributed by atoms with Crippen molar-refractivity contribution in [2.24, 2.45) is 0 Å². The van der Waals surface area contributed by atoms with E-state index in [1.165, 1.54) is 11.8 Å². The van der Waals surface area contributed by atoms with Crippen LogP contribution in [0.3, 0.4) is 0 Å². The number of carbonyl (C=O) groups is 2. The molecule has 1 saturated heterocycles. The van der Waals surface area contributed by atoms with Gasteiger partial charge in [0.25, 0.3) is 0 Å². The predicted molar refractivity (Wildman–Crippen MR) is 48.0 cm³/mol. The number of hydrogen-bond acceptors (Lipinski definition) is 2. The van der Waals surface area contributed by atoms with Crippen LogP contribution in [0.5, 0.6) is 0 Å². The highest BCUT2D eigenvalue weighted by Crippen LogP contribution is 2.05. The lowest BCUT2D eigenvalue weighted by Gasteiger charge is -2.22. The van der Waals surface area contributed by atoms with Gasteiger partial charge in [-0.25, -0.2) is 4.79 Å². The van der Waals surface area contributed by atoms with Gasteiger partial charge in [-0.05, 0) is 0 Å². The Labute approximate surface area is 77.9 Å². The van der Waals surface area contributed by atoms with Crippen molar-refractivity contribution in [3.8, 4) is 0 Å². The van der Waals surface area contributed by atoms with Gasteiger partial charge in [0.15, 0.2) is 0 Å². The fourth-order valence-corrected chi connectivity index (χ4v) is 1.19. The van der Waals surface area contributed by atoms with E-state index in [0.717, 1.165) is 6.54 Å². The summed E-state index contributed by atoms with van der Waals surface area (Å²) in [7, 11) is 3.45. The quantitative estimate of drug-likeness (QED) is 0.597. The standard InChI is InChI=1S/C8H15N3O2/c1-7(12)10(3)6-11-5-4-9(2)8(11)13/h4-6H2,1-3H3. The molecule has 5 heteroatoms. The molecule has 3 amide bonds. The maximum absolute atomic E-state index is 11.4. The van der Waals surface area contributed by atoms with E-state index in [2.05, 4.69) is 0 Å². The van der Waals surface area contributed by atoms with E-state index >= 15 is 0 Å². The lowest BCUT2D eigenvalue weighted by Crippen LogP contribution is -2.40. The van der Waals surface area contributed by atoms with Crippen LogP contribution in [0.2, 0.25) is 0 Å². The number of likely N-dealkylation sites (N-methyl/N-ethyl adjacent to an activating group) is 1. The maximum atomic E-state index is 11.4. The zero-order chi connectivity index (χ0) is 10.0. The van der Waals surface area contributed by atoms with Crippen LogP contribution in [-0.2, 0) is 4.79 Å². The minimum absolute atomic E-state index is 0.00639. The van der Waals surface area contributed by atoms with Crippen LogP contribution in [0.25, 0.3) is 0 Å². The van der Waals surface area contributed by atoms with Gasteiger partial charge in [0.1, 0.15) is 0 Å². The first-order valence-corrected chi connectivity index (χ1v) is 4.24. The van der Waals surface area contributed by atoms with Crippen LogP contribution in [0.1, 0.15) is 6.92 Å². The molecular weight excluding hydrogens is 170 g/mol. The second-order valence-electron chi connectivity index (χ2n) is 3.33. The monoisotopic (exact) mass is 185 g/mol. The summed E-state index contributed by atoms with van der Waals surface area (Å²) in [6, 6.07) is -0.00639. The van der Waals surface area contributed by atoms with E-state index in [9.17, 15) is 9.59 Å². The summed E-state index contributed by atoms with van der Waals surface area (Å²) in [6.07, 6.45) is 0. The number of amides is 3. The number of carbonyl (C=O) groups excluding carboxylic acids is 2. The molecule has 0 aromatic rings. The first kappa shape index (κ1) is 9.83. The molecule has 1 rings (SSSR count). The lowest BCUT2D eigenvalue weighted by atomic mass is 10.5. The summed E-state index contributed by atoms with van der Waals surface area (Å²) < 4.78 is 0. The van der Waals surface area contributed by atoms with Crippen molar-refractivity contribution in [3.05, 3.63) is 0 Å². The fourth-order valence-electron chi connectivity index (χ4n) is 1.19. The van der Waals surface area contributed by atoms with Crippen molar-refractivity contribution in [1.29, 1.82) is 0 Å². The zero-order valence-electron chi connectivity index (χ0n) is 8.28. The Hall–Kier alpha value is -1.26. The molecule has 1 fully saturated rings. The van der Waals surface area contributed by atoms with Gasteiger partial charge < -0.3 is 14.7 Å². The van der Waals surface area contributed by atoms with E-state index in [1.807, 2.05) is 0 Å². The Balaban J connectivity index is 2.47. The Morgan fingerprint density at radius 2 is 2.15 bits per heavy atom. The average Bonchev–Trinajstić information content (AvgIpc) is 2.36. The molecule has 0 aromatic carbocycles. The SMILES string of the molecule is CC(=O)N(C)CN1CCN(C)C1=O. The highest BCUT2D eigenvalue weighted by Gasteiger charge is 2.26. The van der Waals surface area contributed by atoms with Gasteiger partial charge in [-0.15, -0.1) is 0 Å². The molecule has 0 saturated carbocycles. The summed E-state index contributed by atoms with van der Waals surface area (Å²) >= 11 is 0. The van der Waals surface area contributed by atoms with E-state index in [-0.39, 0.29) is 11.9 Å². The van der Waals surface area contributed by atoms with Crippen molar-refractivity contribution in [1.82, 2.24) is 14.7 Å². The van der Waals surface area contributed by atoms with Crippen molar-refractivity contribution in [2.75, 3.05) is 33.9 Å². The van der Waals surface area contributed by atoms with Crippen LogP contribution < -0.4 is 0 Å². The molecule has 0 atom stereocenters. The van der Waals surface area contributed by atoms with Crippen LogP contribution >= 0.6 is 0 Å². The predicted octanol–water partition coefficient (Wildman–Crippen LogP) is -0.210. The summed E-state index contributed by atoms with van der Waals surface area (Å²) in [6.45, 7) is 3.32. The van der Waals surface area contributed by atoms with Crippen molar-refractivity contribution < 1.29 is 9.59 Å². The molecular formula is C8H15N3O2. The average molecular weight is 185 g/mol. The van der Waals surface area contributed by atoms with Gasteiger partial charge >= 0.3 is 6.03 Å². The molecule has 74 valence electrons. The van der Waals surface area contributed by atoms with Gasteiger partial charge in [-0.1, -0.05) is 0 Å². The fraction of sp³-hybridized carbons (Fsp3) is 0.750. The van der Waals surface area contributed by atoms with Crippen molar-refractivity contribution in [3.63, 3.8) is 0 Å². The van der Waals surface area contributed by atoms with E-state index < -0.39 is 0 Å². The van der Waals surface area contributed by atoms with Crippen LogP contribution in [-0.4, -0.2) is 60.5 Å². The molecule has 0 radical (unpaired) electrons. The van der Waals surface area contributed by atoms with Crippen molar-refractivity contribution in [2.45, 2.75) is 6.92 Å². The third kappa shape index (κ3) is 2.11. The zero-order valence-corrected chi connectivity index (χ0v) is 8.28. The summed E-state index contributed by atoms with van der Waals surface area (Å²) in [5, 5.41) is 0. The molecule has 0 spiro atoms. The second kappa shape index (κ2) is 3.64. The maximum Gasteiger partial charge on any atom is 0.321 e. The molecule has 1 heterocycles. The van der Waals surface area contributed by atoms with Gasteiger partial charge in [-0.2, -0.15) is 0 Å². The van der Waals surface area contributed by atoms with Crippen LogP contribution in [0, 0.1) is 0 Å². The Bertz CT molecular complexity index is 229. The first-order valence-electron chi connectivity index (χ1n) is 4.24. The van der Waals surface area contributed by atoms with Gasteiger partial charge in [0.05, 0.1) is 6.67 Å². The number of rotatable bonds is 2. The van der Waals surface area contributed by atoms with Gasteiger partial charge in [-0.3, -0.25) is 4.79 Å². The van der Waals surface area contributed by atoms with Gasteiger partial charge in [0, 0.05) is 34.1 Å². The molecule has 0 N–H and O–H groups in total. The molecule has 1 aliphatic heterocycles. The Kier molecular flexibility index (Phi) is 2.75. The third-order valence-electron chi connectivity index (χ3n) is 2.22. The largest absolute Gasteiger partial charge is 0.328 e. The lowest BCUT2D eigenvalue weighted by molar-refractivity contribution is -0.128. The van der Waals surface area contributed by atoms with Crippen LogP contribution in [0.4, 0.5) is 4.79 Å². The molecule has 0 aromatic heterocycles. The molecule has 5 nitrogen and oxygen atoms in total. The third-order valence-corrected chi connectivity index (χ3v) is 2.22. The minimum Gasteiger partial charge on any atom is -0.328 e.